The van der Waals surface area contributed by atoms with E-state index < -0.39 is 5.97 Å². The Bertz CT molecular complexity index is 1050. The van der Waals surface area contributed by atoms with Crippen LogP contribution >= 0.6 is 0 Å². The van der Waals surface area contributed by atoms with Gasteiger partial charge in [-0.1, -0.05) is 36.4 Å². The Balaban J connectivity index is 1.74. The summed E-state index contributed by atoms with van der Waals surface area (Å²) in [5.41, 5.74) is 4.73. The molecular formula is C25H30N4O3. The van der Waals surface area contributed by atoms with Gasteiger partial charge in [-0.2, -0.15) is 5.10 Å². The van der Waals surface area contributed by atoms with E-state index in [9.17, 15) is 9.59 Å². The number of likely N-dealkylation sites (N-methyl/N-ethyl adjacent to an activating group) is 1. The number of rotatable bonds is 9. The minimum Gasteiger partial charge on any atom is -0.465 e. The highest BCUT2D eigenvalue weighted by atomic mass is 16.5. The minimum atomic E-state index is -0.428. The summed E-state index contributed by atoms with van der Waals surface area (Å²) in [4.78, 5) is 28.6. The maximum Gasteiger partial charge on any atom is 0.326 e. The average Bonchev–Trinajstić information content (AvgIpc) is 3.07. The van der Waals surface area contributed by atoms with Crippen molar-refractivity contribution in [2.75, 3.05) is 31.6 Å². The van der Waals surface area contributed by atoms with Crippen LogP contribution in [-0.4, -0.2) is 53.3 Å². The van der Waals surface area contributed by atoms with Gasteiger partial charge in [0, 0.05) is 23.5 Å². The molecule has 1 amide bonds. The van der Waals surface area contributed by atoms with Crippen molar-refractivity contribution < 1.29 is 14.3 Å². The van der Waals surface area contributed by atoms with Crippen LogP contribution in [0.1, 0.15) is 23.9 Å². The molecule has 0 radical (unpaired) electrons. The molecule has 7 heteroatoms. The van der Waals surface area contributed by atoms with E-state index in [1.165, 1.54) is 4.90 Å². The summed E-state index contributed by atoms with van der Waals surface area (Å²) in [5.74, 6) is -0.597. The number of carbonyl (C=O) groups excluding carboxylic acids is 2. The van der Waals surface area contributed by atoms with Crippen molar-refractivity contribution in [3.63, 3.8) is 0 Å². The normalized spacial score (nSPS) is 10.9. The fourth-order valence-corrected chi connectivity index (χ4v) is 3.63. The zero-order valence-corrected chi connectivity index (χ0v) is 19.1. The summed E-state index contributed by atoms with van der Waals surface area (Å²) in [6, 6.07) is 19.2. The topological polar surface area (TPSA) is 67.7 Å². The van der Waals surface area contributed by atoms with E-state index in [0.717, 1.165) is 22.6 Å². The van der Waals surface area contributed by atoms with Crippen molar-refractivity contribution in [1.82, 2.24) is 14.7 Å². The summed E-state index contributed by atoms with van der Waals surface area (Å²) in [7, 11) is 1.89. The summed E-state index contributed by atoms with van der Waals surface area (Å²) < 4.78 is 6.99. The van der Waals surface area contributed by atoms with Gasteiger partial charge in [0.1, 0.15) is 6.54 Å². The Kier molecular flexibility index (Phi) is 7.78. The molecular weight excluding hydrogens is 404 g/mol. The maximum absolute atomic E-state index is 13.1. The zero-order chi connectivity index (χ0) is 23.1. The first kappa shape index (κ1) is 23.2. The molecule has 0 unspecified atom stereocenters. The van der Waals surface area contributed by atoms with Crippen molar-refractivity contribution in [1.29, 1.82) is 0 Å². The SMILES string of the molecule is CCOC(=O)CN(C(=O)CN(C)Cc1c(C)nn(-c2ccccc2)c1C)c1ccccc1. The molecule has 2 aromatic carbocycles. The van der Waals surface area contributed by atoms with E-state index in [-0.39, 0.29) is 25.6 Å². The third-order valence-electron chi connectivity index (χ3n) is 5.24. The van der Waals surface area contributed by atoms with Gasteiger partial charge < -0.3 is 9.64 Å². The predicted octanol–water partition coefficient (Wildman–Crippen LogP) is 3.52. The van der Waals surface area contributed by atoms with Crippen molar-refractivity contribution >= 4 is 17.6 Å². The molecule has 3 aromatic rings. The zero-order valence-electron chi connectivity index (χ0n) is 19.1. The summed E-state index contributed by atoms with van der Waals surface area (Å²) in [5, 5.41) is 4.69. The monoisotopic (exact) mass is 434 g/mol. The molecule has 0 N–H and O–H groups in total. The molecule has 0 aliphatic carbocycles. The average molecular weight is 435 g/mol. The number of benzene rings is 2. The fourth-order valence-electron chi connectivity index (χ4n) is 3.63. The van der Waals surface area contributed by atoms with Crippen LogP contribution in [0, 0.1) is 13.8 Å². The third kappa shape index (κ3) is 5.62. The summed E-state index contributed by atoms with van der Waals surface area (Å²) in [6.07, 6.45) is 0. The lowest BCUT2D eigenvalue weighted by molar-refractivity contribution is -0.142. The van der Waals surface area contributed by atoms with Crippen LogP contribution < -0.4 is 4.90 Å². The van der Waals surface area contributed by atoms with Gasteiger partial charge in [-0.3, -0.25) is 14.5 Å². The van der Waals surface area contributed by atoms with E-state index in [1.807, 2.05) is 91.1 Å². The number of aromatic nitrogens is 2. The lowest BCUT2D eigenvalue weighted by atomic mass is 10.2. The fraction of sp³-hybridized carbons (Fsp3) is 0.320. The van der Waals surface area contributed by atoms with E-state index in [4.69, 9.17) is 4.74 Å². The molecule has 0 spiro atoms. The number of hydrogen-bond acceptors (Lipinski definition) is 5. The number of amides is 1. The lowest BCUT2D eigenvalue weighted by Gasteiger charge is -2.25. The number of anilines is 1. The molecule has 1 heterocycles. The Hall–Kier alpha value is -3.45. The summed E-state index contributed by atoms with van der Waals surface area (Å²) in [6.45, 7) is 6.65. The molecule has 0 bridgehead atoms. The van der Waals surface area contributed by atoms with E-state index in [2.05, 4.69) is 5.10 Å². The largest absolute Gasteiger partial charge is 0.465 e. The highest BCUT2D eigenvalue weighted by Gasteiger charge is 2.22. The molecule has 0 saturated heterocycles. The molecule has 32 heavy (non-hydrogen) atoms. The smallest absolute Gasteiger partial charge is 0.326 e. The van der Waals surface area contributed by atoms with Crippen LogP contribution in [0.4, 0.5) is 5.69 Å². The van der Waals surface area contributed by atoms with Crippen LogP contribution in [0.25, 0.3) is 5.69 Å². The Morgan fingerprint density at radius 3 is 2.22 bits per heavy atom. The first-order valence-corrected chi connectivity index (χ1v) is 10.7. The van der Waals surface area contributed by atoms with Crippen molar-refractivity contribution in [3.05, 3.63) is 77.6 Å². The Labute approximate surface area is 189 Å². The maximum atomic E-state index is 13.1. The van der Waals surface area contributed by atoms with Gasteiger partial charge in [-0.05, 0) is 52.1 Å². The highest BCUT2D eigenvalue weighted by molar-refractivity contribution is 5.98. The summed E-state index contributed by atoms with van der Waals surface area (Å²) >= 11 is 0. The second-order valence-electron chi connectivity index (χ2n) is 7.69. The molecule has 0 atom stereocenters. The van der Waals surface area contributed by atoms with E-state index in [1.54, 1.807) is 6.92 Å². The Morgan fingerprint density at radius 2 is 1.59 bits per heavy atom. The van der Waals surface area contributed by atoms with Crippen molar-refractivity contribution in [2.45, 2.75) is 27.3 Å². The molecule has 0 fully saturated rings. The number of nitrogens with zero attached hydrogens (tertiary/aromatic N) is 4. The molecule has 168 valence electrons. The second-order valence-corrected chi connectivity index (χ2v) is 7.69. The highest BCUT2D eigenvalue weighted by Crippen LogP contribution is 2.20. The quantitative estimate of drug-likeness (QED) is 0.482. The standard InChI is InChI=1S/C25H30N4O3/c1-5-32-25(31)18-28(21-12-8-6-9-13-21)24(30)17-27(4)16-23-19(2)26-29(20(23)3)22-14-10-7-11-15-22/h6-15H,5,16-18H2,1-4H3. The molecule has 7 nitrogen and oxygen atoms in total. The number of para-hydroxylation sites is 2. The lowest BCUT2D eigenvalue weighted by Crippen LogP contribution is -2.42. The molecule has 1 aromatic heterocycles. The molecule has 0 aliphatic rings. The van der Waals surface area contributed by atoms with Gasteiger partial charge in [0.25, 0.3) is 0 Å². The van der Waals surface area contributed by atoms with Crippen LogP contribution in [0.2, 0.25) is 0 Å². The first-order chi connectivity index (χ1) is 15.4. The number of esters is 1. The first-order valence-electron chi connectivity index (χ1n) is 10.7. The van der Waals surface area contributed by atoms with Gasteiger partial charge in [-0.25, -0.2) is 4.68 Å². The van der Waals surface area contributed by atoms with Crippen molar-refractivity contribution in [3.8, 4) is 5.69 Å². The van der Waals surface area contributed by atoms with E-state index in [0.29, 0.717) is 12.2 Å². The van der Waals surface area contributed by atoms with Gasteiger partial charge in [0.15, 0.2) is 0 Å². The number of ether oxygens (including phenoxy) is 1. The number of hydrogen-bond donors (Lipinski definition) is 0. The number of carbonyl (C=O) groups is 2. The Morgan fingerprint density at radius 1 is 0.969 bits per heavy atom. The van der Waals surface area contributed by atoms with Crippen LogP contribution in [0.15, 0.2) is 60.7 Å². The van der Waals surface area contributed by atoms with Gasteiger partial charge >= 0.3 is 5.97 Å². The minimum absolute atomic E-state index is 0.117. The third-order valence-corrected chi connectivity index (χ3v) is 5.24. The molecule has 0 saturated carbocycles. The van der Waals surface area contributed by atoms with Gasteiger partial charge in [-0.15, -0.1) is 0 Å². The van der Waals surface area contributed by atoms with Gasteiger partial charge in [0.2, 0.25) is 5.91 Å². The second kappa shape index (κ2) is 10.7. The van der Waals surface area contributed by atoms with Crippen LogP contribution in [0.3, 0.4) is 0 Å². The van der Waals surface area contributed by atoms with Gasteiger partial charge in [0.05, 0.1) is 24.5 Å². The predicted molar refractivity (Wildman–Crippen MR) is 125 cm³/mol. The van der Waals surface area contributed by atoms with Crippen LogP contribution in [0.5, 0.6) is 0 Å². The van der Waals surface area contributed by atoms with Crippen LogP contribution in [-0.2, 0) is 20.9 Å². The van der Waals surface area contributed by atoms with E-state index >= 15 is 0 Å². The van der Waals surface area contributed by atoms with Crippen molar-refractivity contribution in [2.24, 2.45) is 0 Å². The molecule has 3 rings (SSSR count). The molecule has 0 aliphatic heterocycles. The number of aryl methyl sites for hydroxylation is 1.